The van der Waals surface area contributed by atoms with Gasteiger partial charge < -0.3 is 11.5 Å². The number of unbranched alkanes of at least 4 members (excludes halogenated alkanes) is 1. The first-order valence-electron chi connectivity index (χ1n) is 7.89. The minimum absolute atomic E-state index is 0.427. The zero-order valence-electron chi connectivity index (χ0n) is 13.1. The van der Waals surface area contributed by atoms with Crippen LogP contribution in [0.4, 0.5) is 11.4 Å². The lowest BCUT2D eigenvalue weighted by Gasteiger charge is -2.19. The number of hydrogen-bond acceptors (Lipinski definition) is 2. The molecule has 0 spiro atoms. The summed E-state index contributed by atoms with van der Waals surface area (Å²) in [7, 11) is 0. The van der Waals surface area contributed by atoms with Gasteiger partial charge in [0, 0.05) is 17.3 Å². The van der Waals surface area contributed by atoms with Crippen LogP contribution in [0.2, 0.25) is 0 Å². The first-order valence-corrected chi connectivity index (χ1v) is 7.89. The van der Waals surface area contributed by atoms with Crippen molar-refractivity contribution >= 4 is 11.4 Å². The zero-order chi connectivity index (χ0) is 15.2. The van der Waals surface area contributed by atoms with Gasteiger partial charge in [-0.25, -0.2) is 0 Å². The number of hydrogen-bond donors (Lipinski definition) is 2. The first-order chi connectivity index (χ1) is 10.2. The molecule has 0 bridgehead atoms. The van der Waals surface area contributed by atoms with Crippen molar-refractivity contribution < 1.29 is 0 Å². The summed E-state index contributed by atoms with van der Waals surface area (Å²) in [6, 6.07) is 14.8. The number of anilines is 2. The molecular formula is C19H26N2. The molecule has 0 saturated heterocycles. The van der Waals surface area contributed by atoms with E-state index in [1.54, 1.807) is 0 Å². The molecule has 2 rings (SSSR count). The van der Waals surface area contributed by atoms with Crippen molar-refractivity contribution in [1.82, 2.24) is 0 Å². The molecule has 2 aromatic rings. The Balaban J connectivity index is 2.37. The molecule has 1 unspecified atom stereocenters. The highest BCUT2D eigenvalue weighted by molar-refractivity contribution is 5.51. The predicted octanol–water partition coefficient (Wildman–Crippen LogP) is 4.74. The van der Waals surface area contributed by atoms with Crippen molar-refractivity contribution in [1.29, 1.82) is 0 Å². The molecule has 0 heterocycles. The van der Waals surface area contributed by atoms with Gasteiger partial charge in [0.05, 0.1) is 0 Å². The van der Waals surface area contributed by atoms with Gasteiger partial charge in [-0.05, 0) is 47.7 Å². The Morgan fingerprint density at radius 2 is 1.57 bits per heavy atom. The molecule has 0 fully saturated rings. The third-order valence-corrected chi connectivity index (χ3v) is 4.14. The minimum Gasteiger partial charge on any atom is -0.399 e. The SMILES string of the molecule is CCCCC(c1ccc(N)cc1)c1ccc(N)c(CC)c1. The molecular weight excluding hydrogens is 256 g/mol. The number of benzene rings is 2. The van der Waals surface area contributed by atoms with Crippen LogP contribution >= 0.6 is 0 Å². The van der Waals surface area contributed by atoms with Crippen LogP contribution in [0, 0.1) is 0 Å². The average molecular weight is 282 g/mol. The van der Waals surface area contributed by atoms with Gasteiger partial charge in [-0.3, -0.25) is 0 Å². The predicted molar refractivity (Wildman–Crippen MR) is 92.5 cm³/mol. The van der Waals surface area contributed by atoms with Crippen LogP contribution in [-0.2, 0) is 6.42 Å². The van der Waals surface area contributed by atoms with Crippen molar-refractivity contribution in [2.24, 2.45) is 0 Å². The maximum absolute atomic E-state index is 6.04. The summed E-state index contributed by atoms with van der Waals surface area (Å²) in [5, 5.41) is 0. The lowest BCUT2D eigenvalue weighted by Crippen LogP contribution is -2.04. The van der Waals surface area contributed by atoms with Crippen molar-refractivity contribution in [3.05, 3.63) is 59.2 Å². The fraction of sp³-hybridized carbons (Fsp3) is 0.368. The molecule has 0 aromatic heterocycles. The van der Waals surface area contributed by atoms with Crippen molar-refractivity contribution in [3.63, 3.8) is 0 Å². The molecule has 4 N–H and O–H groups in total. The summed E-state index contributed by atoms with van der Waals surface area (Å²) < 4.78 is 0. The Morgan fingerprint density at radius 3 is 2.19 bits per heavy atom. The van der Waals surface area contributed by atoms with Crippen LogP contribution in [-0.4, -0.2) is 0 Å². The second kappa shape index (κ2) is 7.16. The van der Waals surface area contributed by atoms with E-state index in [1.165, 1.54) is 29.5 Å². The standard InChI is InChI=1S/C19H26N2/c1-3-5-6-18(15-7-10-17(20)11-8-15)16-9-12-19(21)14(4-2)13-16/h7-13,18H,3-6,20-21H2,1-2H3. The van der Waals surface area contributed by atoms with E-state index in [1.807, 2.05) is 18.2 Å². The molecule has 0 aliphatic carbocycles. The van der Waals surface area contributed by atoms with Gasteiger partial charge in [-0.1, -0.05) is 51.0 Å². The van der Waals surface area contributed by atoms with E-state index in [2.05, 4.69) is 38.1 Å². The van der Waals surface area contributed by atoms with Gasteiger partial charge in [-0.2, -0.15) is 0 Å². The maximum Gasteiger partial charge on any atom is 0.0346 e. The molecule has 2 aromatic carbocycles. The van der Waals surface area contributed by atoms with Crippen molar-refractivity contribution in [3.8, 4) is 0 Å². The molecule has 0 aliphatic heterocycles. The summed E-state index contributed by atoms with van der Waals surface area (Å²) in [6.07, 6.45) is 4.57. The average Bonchev–Trinajstić information content (AvgIpc) is 2.50. The molecule has 2 heteroatoms. The topological polar surface area (TPSA) is 52.0 Å². The summed E-state index contributed by atoms with van der Waals surface area (Å²) >= 11 is 0. The molecule has 112 valence electrons. The third kappa shape index (κ3) is 3.78. The van der Waals surface area contributed by atoms with E-state index in [4.69, 9.17) is 11.5 Å². The first kappa shape index (κ1) is 15.4. The second-order valence-electron chi connectivity index (χ2n) is 5.67. The Kier molecular flexibility index (Phi) is 5.26. The van der Waals surface area contributed by atoms with Crippen molar-refractivity contribution in [2.75, 3.05) is 11.5 Å². The highest BCUT2D eigenvalue weighted by Gasteiger charge is 2.14. The Labute approximate surface area is 128 Å². The van der Waals surface area contributed by atoms with E-state index in [9.17, 15) is 0 Å². The summed E-state index contributed by atoms with van der Waals surface area (Å²) in [5.74, 6) is 0.427. The summed E-state index contributed by atoms with van der Waals surface area (Å²) in [5.41, 5.74) is 17.5. The highest BCUT2D eigenvalue weighted by Crippen LogP contribution is 2.32. The lowest BCUT2D eigenvalue weighted by molar-refractivity contribution is 0.650. The Bertz CT molecular complexity index is 573. The largest absolute Gasteiger partial charge is 0.399 e. The molecule has 1 atom stereocenters. The van der Waals surface area contributed by atoms with Gasteiger partial charge in [0.2, 0.25) is 0 Å². The number of rotatable bonds is 6. The molecule has 21 heavy (non-hydrogen) atoms. The summed E-state index contributed by atoms with van der Waals surface area (Å²) in [4.78, 5) is 0. The smallest absolute Gasteiger partial charge is 0.0346 e. The van der Waals surface area contributed by atoms with Crippen molar-refractivity contribution in [2.45, 2.75) is 45.4 Å². The second-order valence-corrected chi connectivity index (χ2v) is 5.67. The van der Waals surface area contributed by atoms with Gasteiger partial charge in [0.15, 0.2) is 0 Å². The van der Waals surface area contributed by atoms with Gasteiger partial charge in [-0.15, -0.1) is 0 Å². The molecule has 0 amide bonds. The monoisotopic (exact) mass is 282 g/mol. The number of nitrogens with two attached hydrogens (primary N) is 2. The van der Waals surface area contributed by atoms with Crippen LogP contribution in [0.15, 0.2) is 42.5 Å². The van der Waals surface area contributed by atoms with Gasteiger partial charge in [0.1, 0.15) is 0 Å². The van der Waals surface area contributed by atoms with Crippen LogP contribution in [0.1, 0.15) is 55.7 Å². The number of nitrogen functional groups attached to an aromatic ring is 2. The Morgan fingerprint density at radius 1 is 0.905 bits per heavy atom. The molecule has 0 saturated carbocycles. The van der Waals surface area contributed by atoms with E-state index in [0.29, 0.717) is 5.92 Å². The third-order valence-electron chi connectivity index (χ3n) is 4.14. The van der Waals surface area contributed by atoms with Crippen LogP contribution in [0.3, 0.4) is 0 Å². The van der Waals surface area contributed by atoms with E-state index < -0.39 is 0 Å². The normalized spacial score (nSPS) is 12.3. The molecule has 0 aliphatic rings. The van der Waals surface area contributed by atoms with Gasteiger partial charge >= 0.3 is 0 Å². The minimum atomic E-state index is 0.427. The van der Waals surface area contributed by atoms with E-state index in [-0.39, 0.29) is 0 Å². The van der Waals surface area contributed by atoms with E-state index >= 15 is 0 Å². The lowest BCUT2D eigenvalue weighted by atomic mass is 9.86. The maximum atomic E-state index is 6.04. The van der Waals surface area contributed by atoms with Crippen LogP contribution in [0.25, 0.3) is 0 Å². The fourth-order valence-electron chi connectivity index (χ4n) is 2.81. The quantitative estimate of drug-likeness (QED) is 0.752. The summed E-state index contributed by atoms with van der Waals surface area (Å²) in [6.45, 7) is 4.39. The highest BCUT2D eigenvalue weighted by atomic mass is 14.6. The van der Waals surface area contributed by atoms with Gasteiger partial charge in [0.25, 0.3) is 0 Å². The van der Waals surface area contributed by atoms with Crippen LogP contribution < -0.4 is 11.5 Å². The van der Waals surface area contributed by atoms with E-state index in [0.717, 1.165) is 24.2 Å². The fourth-order valence-corrected chi connectivity index (χ4v) is 2.81. The number of aryl methyl sites for hydroxylation is 1. The molecule has 0 radical (unpaired) electrons. The van der Waals surface area contributed by atoms with Crippen LogP contribution in [0.5, 0.6) is 0 Å². The Hall–Kier alpha value is -1.96. The zero-order valence-corrected chi connectivity index (χ0v) is 13.1. The molecule has 2 nitrogen and oxygen atoms in total.